The van der Waals surface area contributed by atoms with Gasteiger partial charge in [0.1, 0.15) is 0 Å². The average Bonchev–Trinajstić information content (AvgIpc) is 2.81. The molecule has 2 N–H and O–H groups in total. The second kappa shape index (κ2) is 4.65. The normalized spacial score (nSPS) is 9.94. The van der Waals surface area contributed by atoms with Gasteiger partial charge in [0.15, 0.2) is 0 Å². The van der Waals surface area contributed by atoms with Crippen LogP contribution in [0.25, 0.3) is 0 Å². The highest BCUT2D eigenvalue weighted by atomic mass is 16.2. The van der Waals surface area contributed by atoms with Crippen molar-refractivity contribution in [3.05, 3.63) is 53.9 Å². The van der Waals surface area contributed by atoms with Crippen LogP contribution >= 0.6 is 0 Å². The first kappa shape index (κ1) is 11.1. The average molecular weight is 228 g/mol. The smallest absolute Gasteiger partial charge is 0.298 e. The number of rotatable bonds is 3. The monoisotopic (exact) mass is 228 g/mol. The fourth-order valence-electron chi connectivity index (χ4n) is 1.50. The van der Waals surface area contributed by atoms with Crippen LogP contribution in [0.5, 0.6) is 0 Å². The van der Waals surface area contributed by atoms with E-state index < -0.39 is 11.7 Å². The van der Waals surface area contributed by atoms with Crippen molar-refractivity contribution >= 4 is 17.4 Å². The van der Waals surface area contributed by atoms with Crippen molar-refractivity contribution in [2.24, 2.45) is 0 Å². The maximum atomic E-state index is 11.7. The molecule has 0 unspecified atom stereocenters. The molecule has 1 aromatic heterocycles. The molecule has 1 aromatic carbocycles. The quantitative estimate of drug-likeness (QED) is 0.624. The number of aromatic amines is 1. The number of amides is 1. The van der Waals surface area contributed by atoms with Crippen molar-refractivity contribution in [2.45, 2.75) is 6.92 Å². The lowest BCUT2D eigenvalue weighted by Crippen LogP contribution is -2.23. The van der Waals surface area contributed by atoms with E-state index in [-0.39, 0.29) is 5.69 Å². The molecule has 0 saturated heterocycles. The Morgan fingerprint density at radius 3 is 2.65 bits per heavy atom. The van der Waals surface area contributed by atoms with Crippen molar-refractivity contribution in [1.29, 1.82) is 0 Å². The third-order valence-electron chi connectivity index (χ3n) is 2.32. The van der Waals surface area contributed by atoms with Crippen LogP contribution in [0.2, 0.25) is 0 Å². The molecule has 0 saturated carbocycles. The van der Waals surface area contributed by atoms with Gasteiger partial charge >= 0.3 is 0 Å². The number of aryl methyl sites for hydroxylation is 1. The summed E-state index contributed by atoms with van der Waals surface area (Å²) in [6, 6.07) is 10.5. The predicted molar refractivity (Wildman–Crippen MR) is 64.9 cm³/mol. The molecule has 1 heterocycles. The molecule has 2 aromatic rings. The van der Waals surface area contributed by atoms with Crippen LogP contribution in [0.15, 0.2) is 42.6 Å². The lowest BCUT2D eigenvalue weighted by atomic mass is 10.2. The highest BCUT2D eigenvalue weighted by molar-refractivity contribution is 6.46. The van der Waals surface area contributed by atoms with E-state index in [1.807, 2.05) is 19.1 Å². The minimum absolute atomic E-state index is 0.287. The van der Waals surface area contributed by atoms with Crippen molar-refractivity contribution in [3.8, 4) is 0 Å². The van der Waals surface area contributed by atoms with Crippen LogP contribution in [-0.2, 0) is 4.79 Å². The van der Waals surface area contributed by atoms with E-state index >= 15 is 0 Å². The number of anilines is 1. The van der Waals surface area contributed by atoms with Gasteiger partial charge in [-0.2, -0.15) is 0 Å². The number of H-pyrrole nitrogens is 1. The first-order valence-corrected chi connectivity index (χ1v) is 5.22. The molecule has 2 rings (SSSR count). The number of ketones is 1. The number of Topliss-reactive ketones (excluding diaryl/α,β-unsaturated/α-hetero) is 1. The number of benzene rings is 1. The van der Waals surface area contributed by atoms with E-state index in [0.29, 0.717) is 5.69 Å². The summed E-state index contributed by atoms with van der Waals surface area (Å²) in [5.41, 5.74) is 1.93. The molecule has 0 aliphatic rings. The van der Waals surface area contributed by atoms with Gasteiger partial charge in [0.05, 0.1) is 5.69 Å². The van der Waals surface area contributed by atoms with E-state index in [1.165, 1.54) is 0 Å². The molecule has 4 nitrogen and oxygen atoms in total. The van der Waals surface area contributed by atoms with E-state index in [2.05, 4.69) is 10.3 Å². The van der Waals surface area contributed by atoms with Crippen molar-refractivity contribution in [1.82, 2.24) is 4.98 Å². The molecule has 17 heavy (non-hydrogen) atoms. The lowest BCUT2D eigenvalue weighted by molar-refractivity contribution is -0.112. The van der Waals surface area contributed by atoms with Crippen LogP contribution in [-0.4, -0.2) is 16.7 Å². The molecule has 0 spiro atoms. The Morgan fingerprint density at radius 1 is 1.18 bits per heavy atom. The van der Waals surface area contributed by atoms with Gasteiger partial charge in [-0.3, -0.25) is 9.59 Å². The highest BCUT2D eigenvalue weighted by Crippen LogP contribution is 2.10. The number of aromatic nitrogens is 1. The summed E-state index contributed by atoms with van der Waals surface area (Å²) in [4.78, 5) is 26.0. The maximum absolute atomic E-state index is 11.7. The van der Waals surface area contributed by atoms with Gasteiger partial charge in [0.2, 0.25) is 0 Å². The molecular weight excluding hydrogens is 216 g/mol. The zero-order valence-corrected chi connectivity index (χ0v) is 9.36. The predicted octanol–water partition coefficient (Wildman–Crippen LogP) is 2.14. The summed E-state index contributed by atoms with van der Waals surface area (Å²) in [5.74, 6) is -1.21. The van der Waals surface area contributed by atoms with Gasteiger partial charge in [-0.05, 0) is 36.8 Å². The number of carbonyl (C=O) groups excluding carboxylic acids is 2. The number of hydrogen-bond acceptors (Lipinski definition) is 2. The molecule has 0 aliphatic carbocycles. The summed E-state index contributed by atoms with van der Waals surface area (Å²) in [7, 11) is 0. The third-order valence-corrected chi connectivity index (χ3v) is 2.32. The molecule has 4 heteroatoms. The number of hydrogen-bond donors (Lipinski definition) is 2. The SMILES string of the molecule is Cc1cccc(NC(=O)C(=O)c2ccc[nH]2)c1. The number of carbonyl (C=O) groups is 2. The zero-order chi connectivity index (χ0) is 12.3. The zero-order valence-electron chi connectivity index (χ0n) is 9.36. The Balaban J connectivity index is 2.10. The van der Waals surface area contributed by atoms with Gasteiger partial charge in [0, 0.05) is 11.9 Å². The van der Waals surface area contributed by atoms with Crippen molar-refractivity contribution in [2.75, 3.05) is 5.32 Å². The Hall–Kier alpha value is -2.36. The van der Waals surface area contributed by atoms with Crippen LogP contribution in [0.4, 0.5) is 5.69 Å². The summed E-state index contributed by atoms with van der Waals surface area (Å²) < 4.78 is 0. The molecule has 1 amide bonds. The Bertz CT molecular complexity index is 544. The third kappa shape index (κ3) is 2.60. The molecule has 0 atom stereocenters. The van der Waals surface area contributed by atoms with Crippen LogP contribution < -0.4 is 5.32 Å². The lowest BCUT2D eigenvalue weighted by Gasteiger charge is -2.04. The van der Waals surface area contributed by atoms with Crippen LogP contribution in [0.3, 0.4) is 0 Å². The van der Waals surface area contributed by atoms with Gasteiger partial charge in [-0.1, -0.05) is 12.1 Å². The molecule has 0 fully saturated rings. The topological polar surface area (TPSA) is 62.0 Å². The maximum Gasteiger partial charge on any atom is 0.298 e. The molecule has 86 valence electrons. The second-order valence-corrected chi connectivity index (χ2v) is 3.74. The van der Waals surface area contributed by atoms with Crippen LogP contribution in [0, 0.1) is 6.92 Å². The number of nitrogens with one attached hydrogen (secondary N) is 2. The fraction of sp³-hybridized carbons (Fsp3) is 0.0769. The molecule has 0 aliphatic heterocycles. The van der Waals surface area contributed by atoms with Crippen molar-refractivity contribution in [3.63, 3.8) is 0 Å². The second-order valence-electron chi connectivity index (χ2n) is 3.74. The molecule has 0 radical (unpaired) electrons. The van der Waals surface area contributed by atoms with Gasteiger partial charge in [0.25, 0.3) is 11.7 Å². The van der Waals surface area contributed by atoms with Gasteiger partial charge in [-0.25, -0.2) is 0 Å². The van der Waals surface area contributed by atoms with Gasteiger partial charge < -0.3 is 10.3 Å². The first-order chi connectivity index (χ1) is 8.16. The summed E-state index contributed by atoms with van der Waals surface area (Å²) >= 11 is 0. The minimum Gasteiger partial charge on any atom is -0.358 e. The summed E-state index contributed by atoms with van der Waals surface area (Å²) in [5, 5.41) is 2.56. The Labute approximate surface area is 98.7 Å². The van der Waals surface area contributed by atoms with Crippen LogP contribution in [0.1, 0.15) is 16.1 Å². The van der Waals surface area contributed by atoms with Gasteiger partial charge in [-0.15, -0.1) is 0 Å². The van der Waals surface area contributed by atoms with E-state index in [4.69, 9.17) is 0 Å². The Kier molecular flexibility index (Phi) is 3.05. The standard InChI is InChI=1S/C13H12N2O2/c1-9-4-2-5-10(8-9)15-13(17)12(16)11-6-3-7-14-11/h2-8,14H,1H3,(H,15,17). The fourth-order valence-corrected chi connectivity index (χ4v) is 1.50. The Morgan fingerprint density at radius 2 is 2.00 bits per heavy atom. The van der Waals surface area contributed by atoms with Crippen molar-refractivity contribution < 1.29 is 9.59 Å². The first-order valence-electron chi connectivity index (χ1n) is 5.22. The van der Waals surface area contributed by atoms with E-state index in [1.54, 1.807) is 30.5 Å². The highest BCUT2D eigenvalue weighted by Gasteiger charge is 2.16. The largest absolute Gasteiger partial charge is 0.358 e. The summed E-state index contributed by atoms with van der Waals surface area (Å²) in [6.45, 7) is 1.92. The molecular formula is C13H12N2O2. The minimum atomic E-state index is -0.641. The van der Waals surface area contributed by atoms with E-state index in [9.17, 15) is 9.59 Å². The molecule has 0 bridgehead atoms. The summed E-state index contributed by atoms with van der Waals surface area (Å²) in [6.07, 6.45) is 1.60. The van der Waals surface area contributed by atoms with E-state index in [0.717, 1.165) is 5.56 Å².